The molecule has 1 aliphatic heterocycles. The maximum Gasteiger partial charge on any atom is 0.418 e. The van der Waals surface area contributed by atoms with Crippen molar-refractivity contribution in [2.45, 2.75) is 38.8 Å². The predicted octanol–water partition coefficient (Wildman–Crippen LogP) is 1.05. The Kier molecular flexibility index (Phi) is 9.10. The van der Waals surface area contributed by atoms with Gasteiger partial charge in [-0.1, -0.05) is 5.16 Å². The summed E-state index contributed by atoms with van der Waals surface area (Å²) >= 11 is 0.991. The molecule has 0 radical (unpaired) electrons. The van der Waals surface area contributed by atoms with Crippen LogP contribution in [-0.4, -0.2) is 74.4 Å². The molecule has 236 valence electrons. The van der Waals surface area contributed by atoms with Gasteiger partial charge in [-0.2, -0.15) is 18.2 Å². The van der Waals surface area contributed by atoms with E-state index in [1.807, 2.05) is 48.7 Å². The number of carbonyl (C=O) groups excluding carboxylic acids is 2. The number of amides is 1. The predicted molar refractivity (Wildman–Crippen MR) is 155 cm³/mol. The number of oxime groups is 1. The Balaban J connectivity index is 1.48. The molecular formula is C26H31N6O10S2+. The first kappa shape index (κ1) is 32.5. The van der Waals surface area contributed by atoms with E-state index in [2.05, 4.69) is 14.4 Å². The van der Waals surface area contributed by atoms with E-state index < -0.39 is 64.4 Å². The number of Topliss-reactive ketones (excluding diaryl/α,β-unsaturated/α-hetero) is 1. The topological polar surface area (TPSA) is 217 Å². The number of ketones is 1. The molecule has 1 saturated heterocycles. The molecule has 4 N–H and O–H groups in total. The van der Waals surface area contributed by atoms with Gasteiger partial charge >= 0.3 is 16.4 Å². The van der Waals surface area contributed by atoms with Crippen LogP contribution in [0.3, 0.4) is 0 Å². The second-order valence-electron chi connectivity index (χ2n) is 10.5. The molecule has 4 rings (SSSR count). The number of carbonyl (C=O) groups is 3. The van der Waals surface area contributed by atoms with Crippen LogP contribution in [0.1, 0.15) is 31.5 Å². The highest BCUT2D eigenvalue weighted by atomic mass is 32.3. The van der Waals surface area contributed by atoms with Gasteiger partial charge in [0.2, 0.25) is 0 Å². The Labute approximate surface area is 256 Å². The third-order valence-corrected chi connectivity index (χ3v) is 8.10. The number of hydrogen-bond acceptors (Lipinski definition) is 12. The summed E-state index contributed by atoms with van der Waals surface area (Å²) in [6, 6.07) is 7.04. The van der Waals surface area contributed by atoms with Crippen molar-refractivity contribution in [2.75, 3.05) is 12.3 Å². The van der Waals surface area contributed by atoms with Gasteiger partial charge in [0, 0.05) is 22.9 Å². The van der Waals surface area contributed by atoms with Crippen molar-refractivity contribution >= 4 is 50.2 Å². The smallest absolute Gasteiger partial charge is 0.418 e. The van der Waals surface area contributed by atoms with Gasteiger partial charge in [0.1, 0.15) is 23.7 Å². The van der Waals surface area contributed by atoms with Crippen LogP contribution in [0.25, 0.3) is 11.3 Å². The van der Waals surface area contributed by atoms with Gasteiger partial charge in [0.05, 0.1) is 18.5 Å². The van der Waals surface area contributed by atoms with Gasteiger partial charge in [-0.3, -0.25) is 14.1 Å². The Morgan fingerprint density at radius 3 is 2.43 bits per heavy atom. The van der Waals surface area contributed by atoms with Crippen LogP contribution in [0.15, 0.2) is 41.0 Å². The van der Waals surface area contributed by atoms with Crippen molar-refractivity contribution < 1.29 is 51.0 Å². The summed E-state index contributed by atoms with van der Waals surface area (Å²) in [5.41, 5.74) is 6.98. The minimum atomic E-state index is -4.98. The van der Waals surface area contributed by atoms with Gasteiger partial charge in [-0.25, -0.2) is 9.78 Å². The summed E-state index contributed by atoms with van der Waals surface area (Å²) in [6.45, 7) is 4.38. The fraction of sp³-hybridized carbons (Fsp3) is 0.385. The largest absolute Gasteiger partial charge is 0.489 e. The molecule has 18 heteroatoms. The quantitative estimate of drug-likeness (QED) is 0.0777. The lowest BCUT2D eigenvalue weighted by atomic mass is 9.74. The molecule has 0 bridgehead atoms. The number of β-lactam (4-membered cyclic amide) rings is 1. The number of hydrogen-bond donors (Lipinski definition) is 3. The van der Waals surface area contributed by atoms with Crippen molar-refractivity contribution in [1.29, 1.82) is 0 Å². The van der Waals surface area contributed by atoms with Crippen molar-refractivity contribution in [1.82, 2.24) is 14.7 Å². The lowest BCUT2D eigenvalue weighted by Gasteiger charge is -2.50. The maximum atomic E-state index is 13.3. The number of ether oxygens (including phenoxy) is 1. The second kappa shape index (κ2) is 12.3. The molecule has 0 spiro atoms. The monoisotopic (exact) mass is 651 g/mol. The summed E-state index contributed by atoms with van der Waals surface area (Å²) < 4.78 is 45.0. The fourth-order valence-corrected chi connectivity index (χ4v) is 5.69. The first-order valence-corrected chi connectivity index (χ1v) is 15.2. The molecule has 44 heavy (non-hydrogen) atoms. The third kappa shape index (κ3) is 6.88. The molecule has 2 aromatic heterocycles. The van der Waals surface area contributed by atoms with E-state index in [9.17, 15) is 27.9 Å². The lowest BCUT2D eigenvalue weighted by Crippen LogP contribution is -2.68. The molecule has 1 amide bonds. The maximum absolute atomic E-state index is 13.3. The van der Waals surface area contributed by atoms with Gasteiger partial charge in [0.15, 0.2) is 29.9 Å². The SMILES string of the molecule is Cc1c[n+](C)n(C)c1-c1ccc(OC[C@H](O/N=C(\C(=O)C[C@@H]2C(=O)N(OS(=O)(=O)O)C2(C)C)c2csc(N)n2)C(=O)O)cc1. The molecular weight excluding hydrogens is 620 g/mol. The van der Waals surface area contributed by atoms with Gasteiger partial charge in [-0.05, 0) is 45.0 Å². The van der Waals surface area contributed by atoms with Gasteiger partial charge in [-0.15, -0.1) is 20.3 Å². The molecule has 16 nitrogen and oxygen atoms in total. The van der Waals surface area contributed by atoms with Crippen LogP contribution in [0, 0.1) is 12.8 Å². The van der Waals surface area contributed by atoms with Crippen LogP contribution in [0.4, 0.5) is 5.13 Å². The average molecular weight is 652 g/mol. The number of nitrogens with zero attached hydrogens (tertiary/aromatic N) is 5. The number of nitrogens with two attached hydrogens (primary N) is 1. The molecule has 3 heterocycles. The van der Waals surface area contributed by atoms with E-state index in [4.69, 9.17) is 19.9 Å². The molecule has 0 saturated carbocycles. The molecule has 0 aliphatic carbocycles. The average Bonchev–Trinajstić information content (AvgIpc) is 3.48. The number of anilines is 1. The van der Waals surface area contributed by atoms with Crippen molar-refractivity contribution in [3.8, 4) is 17.0 Å². The molecule has 1 aromatic carbocycles. The minimum Gasteiger partial charge on any atom is -0.489 e. The highest BCUT2D eigenvalue weighted by Crippen LogP contribution is 2.40. The lowest BCUT2D eigenvalue weighted by molar-refractivity contribution is -0.750. The number of aryl methyl sites for hydroxylation is 2. The Morgan fingerprint density at radius 2 is 1.93 bits per heavy atom. The normalized spacial score (nSPS) is 17.2. The Bertz CT molecular complexity index is 1730. The number of thiazole rings is 1. The van der Waals surface area contributed by atoms with Gasteiger partial charge in [0.25, 0.3) is 12.0 Å². The van der Waals surface area contributed by atoms with Crippen LogP contribution in [-0.2, 0) is 48.0 Å². The summed E-state index contributed by atoms with van der Waals surface area (Å²) in [5, 5.41) is 15.4. The molecule has 1 fully saturated rings. The third-order valence-electron chi connectivity index (χ3n) is 7.09. The van der Waals surface area contributed by atoms with Crippen LogP contribution >= 0.6 is 11.3 Å². The van der Waals surface area contributed by atoms with E-state index in [1.54, 1.807) is 12.1 Å². The van der Waals surface area contributed by atoms with E-state index in [-0.39, 0.29) is 10.8 Å². The van der Waals surface area contributed by atoms with Crippen LogP contribution < -0.4 is 15.2 Å². The molecule has 3 aromatic rings. The highest BCUT2D eigenvalue weighted by molar-refractivity contribution is 7.80. The van der Waals surface area contributed by atoms with E-state index in [0.29, 0.717) is 10.8 Å². The molecule has 1 aliphatic rings. The summed E-state index contributed by atoms with van der Waals surface area (Å²) in [7, 11) is -1.13. The fourth-order valence-electron chi connectivity index (χ4n) is 4.69. The standard InChI is InChI=1S/C26H30N6O10S2/c1-14-11-30(4)31(5)22(14)15-6-8-16(9-7-15)40-12-20(24(35)36)41-29-21(18-13-43-25(27)28-18)19(33)10-17-23(34)32(26(17,2)3)42-44(37,38)39/h6-9,11,13,17,20H,10,12H2,1-5H3,(H3-,27,28,35,36,37,38,39)/p+1/b29-21-/t17-,20+/m1/s1. The first-order chi connectivity index (χ1) is 20.5. The summed E-state index contributed by atoms with van der Waals surface area (Å²) in [6.07, 6.45) is -0.134. The second-order valence-corrected chi connectivity index (χ2v) is 12.4. The molecule has 0 unspecified atom stereocenters. The van der Waals surface area contributed by atoms with Gasteiger partial charge < -0.3 is 20.4 Å². The number of aliphatic carboxylic acids is 1. The zero-order valence-electron chi connectivity index (χ0n) is 24.3. The minimum absolute atomic E-state index is 0.0156. The summed E-state index contributed by atoms with van der Waals surface area (Å²) in [4.78, 5) is 47.0. The van der Waals surface area contributed by atoms with E-state index in [0.717, 1.165) is 28.2 Å². The zero-order valence-corrected chi connectivity index (χ0v) is 26.0. The van der Waals surface area contributed by atoms with E-state index in [1.165, 1.54) is 19.2 Å². The molecule has 2 atom stereocenters. The first-order valence-electron chi connectivity index (χ1n) is 13.0. The van der Waals surface area contributed by atoms with E-state index >= 15 is 0 Å². The number of nitrogen functional groups attached to an aromatic ring is 1. The number of aromatic nitrogens is 3. The number of rotatable bonds is 13. The number of hydroxylamine groups is 2. The Morgan fingerprint density at radius 1 is 1.27 bits per heavy atom. The van der Waals surface area contributed by atoms with Crippen LogP contribution in [0.5, 0.6) is 5.75 Å². The number of carboxylic acids is 1. The number of carboxylic acid groups (broad SMARTS) is 1. The van der Waals surface area contributed by atoms with Crippen molar-refractivity contribution in [3.63, 3.8) is 0 Å². The Hall–Kier alpha value is -4.39. The van der Waals surface area contributed by atoms with Crippen LogP contribution in [0.2, 0.25) is 0 Å². The van der Waals surface area contributed by atoms with Crippen molar-refractivity contribution in [2.24, 2.45) is 25.2 Å². The number of benzene rings is 1. The highest BCUT2D eigenvalue weighted by Gasteiger charge is 2.57. The van der Waals surface area contributed by atoms with Crippen molar-refractivity contribution in [3.05, 3.63) is 47.1 Å². The zero-order chi connectivity index (χ0) is 32.6. The summed E-state index contributed by atoms with van der Waals surface area (Å²) in [5.74, 6) is -3.76.